The van der Waals surface area contributed by atoms with Crippen LogP contribution >= 0.6 is 11.6 Å². The summed E-state index contributed by atoms with van der Waals surface area (Å²) in [4.78, 5) is 12.2. The van der Waals surface area contributed by atoms with E-state index in [0.717, 1.165) is 22.4 Å². The molecule has 0 aliphatic carbocycles. The van der Waals surface area contributed by atoms with Crippen molar-refractivity contribution < 1.29 is 14.3 Å². The van der Waals surface area contributed by atoms with E-state index in [2.05, 4.69) is 15.5 Å². The Morgan fingerprint density at radius 3 is 2.69 bits per heavy atom. The molecular formula is C19H14ClN3O3. The lowest BCUT2D eigenvalue weighted by molar-refractivity contribution is -0.116. The number of nitrogens with one attached hydrogen (secondary N) is 2. The van der Waals surface area contributed by atoms with Gasteiger partial charge >= 0.3 is 0 Å². The summed E-state index contributed by atoms with van der Waals surface area (Å²) in [6.45, 7) is 0.173. The van der Waals surface area contributed by atoms with Crippen LogP contribution in [0.1, 0.15) is 23.5 Å². The number of anilines is 1. The summed E-state index contributed by atoms with van der Waals surface area (Å²) in [5.41, 5.74) is 3.63. The van der Waals surface area contributed by atoms with Crippen LogP contribution in [0.15, 0.2) is 42.5 Å². The number of hydrogen-bond acceptors (Lipinski definition) is 4. The summed E-state index contributed by atoms with van der Waals surface area (Å²) in [7, 11) is 0. The van der Waals surface area contributed by atoms with E-state index in [1.165, 1.54) is 0 Å². The molecule has 3 heterocycles. The van der Waals surface area contributed by atoms with Gasteiger partial charge in [0.25, 0.3) is 0 Å². The van der Waals surface area contributed by atoms with Gasteiger partial charge in [-0.2, -0.15) is 5.10 Å². The van der Waals surface area contributed by atoms with Crippen LogP contribution < -0.4 is 14.8 Å². The summed E-state index contributed by atoms with van der Waals surface area (Å²) in [5, 5.41) is 10.7. The maximum atomic E-state index is 12.2. The van der Waals surface area contributed by atoms with Crippen molar-refractivity contribution in [2.45, 2.75) is 12.3 Å². The Morgan fingerprint density at radius 1 is 1.12 bits per heavy atom. The summed E-state index contributed by atoms with van der Waals surface area (Å²) in [5.74, 6) is 1.48. The number of nitrogens with zero attached hydrogens (tertiary/aromatic N) is 1. The van der Waals surface area contributed by atoms with E-state index in [0.29, 0.717) is 22.3 Å². The minimum absolute atomic E-state index is 0.0951. The lowest BCUT2D eigenvalue weighted by Crippen LogP contribution is -2.23. The Morgan fingerprint density at radius 2 is 1.88 bits per heavy atom. The van der Waals surface area contributed by atoms with E-state index in [1.807, 2.05) is 36.4 Å². The third-order valence-electron chi connectivity index (χ3n) is 4.73. The third kappa shape index (κ3) is 2.34. The van der Waals surface area contributed by atoms with E-state index in [1.54, 1.807) is 6.07 Å². The lowest BCUT2D eigenvalue weighted by atomic mass is 9.84. The van der Waals surface area contributed by atoms with Crippen molar-refractivity contribution in [3.05, 3.63) is 58.6 Å². The normalized spacial score (nSPS) is 17.7. The number of aromatic nitrogens is 2. The fourth-order valence-corrected chi connectivity index (χ4v) is 3.83. The fraction of sp³-hybridized carbons (Fsp3) is 0.158. The average molecular weight is 368 g/mol. The first-order valence-electron chi connectivity index (χ1n) is 8.23. The molecule has 0 bridgehead atoms. The number of rotatable bonds is 2. The highest BCUT2D eigenvalue weighted by atomic mass is 35.5. The molecule has 2 aliphatic heterocycles. The first kappa shape index (κ1) is 15.3. The van der Waals surface area contributed by atoms with Gasteiger partial charge in [0, 0.05) is 29.0 Å². The fourth-order valence-electron chi connectivity index (χ4n) is 3.55. The highest BCUT2D eigenvalue weighted by Gasteiger charge is 2.34. The van der Waals surface area contributed by atoms with Gasteiger partial charge in [-0.25, -0.2) is 0 Å². The maximum Gasteiger partial charge on any atom is 0.231 e. The molecule has 1 aromatic heterocycles. The van der Waals surface area contributed by atoms with Crippen molar-refractivity contribution >= 4 is 23.3 Å². The van der Waals surface area contributed by atoms with Gasteiger partial charge in [-0.3, -0.25) is 9.89 Å². The minimum atomic E-state index is -0.227. The van der Waals surface area contributed by atoms with Gasteiger partial charge in [0.2, 0.25) is 12.7 Å². The van der Waals surface area contributed by atoms with Crippen molar-refractivity contribution in [2.75, 3.05) is 12.1 Å². The number of carbonyl (C=O) groups is 1. The molecule has 0 fully saturated rings. The molecule has 3 aromatic rings. The van der Waals surface area contributed by atoms with Gasteiger partial charge in [-0.1, -0.05) is 41.9 Å². The Kier molecular flexibility index (Phi) is 3.39. The number of benzene rings is 2. The zero-order valence-corrected chi connectivity index (χ0v) is 14.3. The summed E-state index contributed by atoms with van der Waals surface area (Å²) >= 11 is 6.52. The maximum absolute atomic E-state index is 12.2. The molecule has 5 rings (SSSR count). The molecule has 0 saturated carbocycles. The second-order valence-corrected chi connectivity index (χ2v) is 6.67. The monoisotopic (exact) mass is 367 g/mol. The molecular weight excluding hydrogens is 354 g/mol. The van der Waals surface area contributed by atoms with Crippen LogP contribution in [-0.4, -0.2) is 22.9 Å². The van der Waals surface area contributed by atoms with Crippen LogP contribution in [0.4, 0.5) is 5.82 Å². The minimum Gasteiger partial charge on any atom is -0.454 e. The van der Waals surface area contributed by atoms with Gasteiger partial charge in [0.1, 0.15) is 0 Å². The lowest BCUT2D eigenvalue weighted by Gasteiger charge is -2.24. The van der Waals surface area contributed by atoms with Crippen molar-refractivity contribution in [1.29, 1.82) is 0 Å². The number of amides is 1. The Balaban J connectivity index is 1.69. The number of halogens is 1. The number of aromatic amines is 1. The van der Waals surface area contributed by atoms with Crippen molar-refractivity contribution in [3.8, 4) is 22.8 Å². The molecule has 6 nitrogen and oxygen atoms in total. The van der Waals surface area contributed by atoms with E-state index < -0.39 is 0 Å². The predicted octanol–water partition coefficient (Wildman–Crippen LogP) is 3.93. The zero-order chi connectivity index (χ0) is 17.7. The third-order valence-corrected chi connectivity index (χ3v) is 5.06. The predicted molar refractivity (Wildman–Crippen MR) is 96.7 cm³/mol. The first-order valence-corrected chi connectivity index (χ1v) is 8.61. The van der Waals surface area contributed by atoms with E-state index >= 15 is 0 Å². The molecule has 2 N–H and O–H groups in total. The highest BCUT2D eigenvalue weighted by Crippen LogP contribution is 2.47. The van der Waals surface area contributed by atoms with E-state index in [9.17, 15) is 4.79 Å². The SMILES string of the molecule is O=C1CC(c2cc3c(cc2Cl)OCO3)c2c(n[nH]c2-c2ccccc2)N1. The van der Waals surface area contributed by atoms with Crippen LogP contribution in [0, 0.1) is 0 Å². The Labute approximate surface area is 154 Å². The molecule has 0 saturated heterocycles. The Hall–Kier alpha value is -2.99. The molecule has 0 spiro atoms. The number of hydrogen-bond donors (Lipinski definition) is 2. The van der Waals surface area contributed by atoms with Gasteiger partial charge < -0.3 is 14.8 Å². The highest BCUT2D eigenvalue weighted by molar-refractivity contribution is 6.31. The van der Waals surface area contributed by atoms with Crippen LogP contribution in [0.3, 0.4) is 0 Å². The smallest absolute Gasteiger partial charge is 0.231 e. The van der Waals surface area contributed by atoms with Crippen LogP contribution in [0.25, 0.3) is 11.3 Å². The molecule has 2 aliphatic rings. The molecule has 1 amide bonds. The number of fused-ring (bicyclic) bond motifs is 2. The average Bonchev–Trinajstić information content (AvgIpc) is 3.27. The van der Waals surface area contributed by atoms with E-state index in [-0.39, 0.29) is 25.0 Å². The molecule has 26 heavy (non-hydrogen) atoms. The number of H-pyrrole nitrogens is 1. The Bertz CT molecular complexity index is 1020. The second-order valence-electron chi connectivity index (χ2n) is 6.26. The molecule has 1 atom stereocenters. The number of ether oxygens (including phenoxy) is 2. The topological polar surface area (TPSA) is 76.2 Å². The summed E-state index contributed by atoms with van der Waals surface area (Å²) in [6.07, 6.45) is 0.283. The van der Waals surface area contributed by atoms with Gasteiger partial charge in [0.15, 0.2) is 17.3 Å². The molecule has 2 aromatic carbocycles. The largest absolute Gasteiger partial charge is 0.454 e. The second kappa shape index (κ2) is 5.78. The van der Waals surface area contributed by atoms with Crippen molar-refractivity contribution in [2.24, 2.45) is 0 Å². The van der Waals surface area contributed by atoms with Gasteiger partial charge in [-0.05, 0) is 17.2 Å². The van der Waals surface area contributed by atoms with Crippen molar-refractivity contribution in [3.63, 3.8) is 0 Å². The molecule has 1 unspecified atom stereocenters. The standard InChI is InChI=1S/C19H14ClN3O3/c20-13-8-15-14(25-9-26-15)6-11(13)12-7-16(24)21-19-17(12)18(22-23-19)10-4-2-1-3-5-10/h1-6,8,12H,7,9H2,(H2,21,22,23,24). The molecule has 7 heteroatoms. The van der Waals surface area contributed by atoms with Gasteiger partial charge in [-0.15, -0.1) is 0 Å². The number of carbonyl (C=O) groups excluding carboxylic acids is 1. The quantitative estimate of drug-likeness (QED) is 0.719. The summed E-state index contributed by atoms with van der Waals surface area (Å²) in [6, 6.07) is 13.5. The zero-order valence-electron chi connectivity index (χ0n) is 13.6. The van der Waals surface area contributed by atoms with Crippen molar-refractivity contribution in [1.82, 2.24) is 10.2 Å². The van der Waals surface area contributed by atoms with E-state index in [4.69, 9.17) is 21.1 Å². The van der Waals surface area contributed by atoms with Crippen LogP contribution in [0.2, 0.25) is 5.02 Å². The van der Waals surface area contributed by atoms with Crippen LogP contribution in [-0.2, 0) is 4.79 Å². The van der Waals surface area contributed by atoms with Crippen LogP contribution in [0.5, 0.6) is 11.5 Å². The summed E-state index contributed by atoms with van der Waals surface area (Å²) < 4.78 is 10.9. The first-order chi connectivity index (χ1) is 12.7. The van der Waals surface area contributed by atoms with Gasteiger partial charge in [0.05, 0.1) is 5.69 Å². The molecule has 130 valence electrons. The molecule has 0 radical (unpaired) electrons.